The van der Waals surface area contributed by atoms with Crippen LogP contribution in [0.5, 0.6) is 0 Å². The fraction of sp³-hybridized carbons (Fsp3) is 0.333. The first-order chi connectivity index (χ1) is 5.84. The number of hydrogen-bond donors (Lipinski definition) is 0. The first kappa shape index (κ1) is 9.05. The van der Waals surface area contributed by atoms with Crippen LogP contribution >= 0.6 is 0 Å². The minimum Gasteiger partial charge on any atom is -0.0917 e. The summed E-state index contributed by atoms with van der Waals surface area (Å²) in [6, 6.07) is 8.58. The Morgan fingerprint density at radius 3 is 2.67 bits per heavy atom. The lowest BCUT2D eigenvalue weighted by atomic mass is 10.0. The molecule has 0 aliphatic heterocycles. The van der Waals surface area contributed by atoms with Crippen LogP contribution in [0.15, 0.2) is 36.4 Å². The van der Waals surface area contributed by atoms with E-state index in [0.29, 0.717) is 0 Å². The molecule has 0 spiro atoms. The van der Waals surface area contributed by atoms with Crippen LogP contribution in [0.2, 0.25) is 0 Å². The van der Waals surface area contributed by atoms with E-state index < -0.39 is 0 Å². The molecule has 64 valence electrons. The van der Waals surface area contributed by atoms with Crippen LogP contribution in [0.4, 0.5) is 0 Å². The standard InChI is InChI=1S/C12H16/c1-3-4-5-9-12-10-7-6-8-11(12)2/h3-4,6-8,10H,5,9H2,1-2H3/b4-3-. The van der Waals surface area contributed by atoms with Crippen molar-refractivity contribution < 1.29 is 0 Å². The van der Waals surface area contributed by atoms with E-state index in [1.807, 2.05) is 0 Å². The smallest absolute Gasteiger partial charge is 0.0242 e. The van der Waals surface area contributed by atoms with E-state index in [9.17, 15) is 0 Å². The lowest BCUT2D eigenvalue weighted by molar-refractivity contribution is 0.985. The largest absolute Gasteiger partial charge is 0.0917 e. The highest BCUT2D eigenvalue weighted by atomic mass is 14.0. The number of hydrogen-bond acceptors (Lipinski definition) is 0. The predicted octanol–water partition coefficient (Wildman–Crippen LogP) is 3.50. The van der Waals surface area contributed by atoms with Crippen LogP contribution < -0.4 is 0 Å². The molecular formula is C12H16. The Labute approximate surface area is 74.9 Å². The molecule has 0 aromatic heterocycles. The second kappa shape index (κ2) is 4.76. The Kier molecular flexibility index (Phi) is 3.59. The highest BCUT2D eigenvalue weighted by molar-refractivity contribution is 5.25. The van der Waals surface area contributed by atoms with Gasteiger partial charge >= 0.3 is 0 Å². The zero-order chi connectivity index (χ0) is 8.81. The summed E-state index contributed by atoms with van der Waals surface area (Å²) in [5.41, 5.74) is 2.87. The average molecular weight is 160 g/mol. The molecule has 0 amide bonds. The lowest BCUT2D eigenvalue weighted by Gasteiger charge is -2.01. The van der Waals surface area contributed by atoms with Crippen molar-refractivity contribution in [3.8, 4) is 0 Å². The van der Waals surface area contributed by atoms with Gasteiger partial charge in [-0.3, -0.25) is 0 Å². The van der Waals surface area contributed by atoms with Gasteiger partial charge in [0.15, 0.2) is 0 Å². The molecule has 1 rings (SSSR count). The maximum atomic E-state index is 2.21. The molecule has 0 aliphatic rings. The quantitative estimate of drug-likeness (QED) is 0.594. The third-order valence-corrected chi connectivity index (χ3v) is 2.08. The van der Waals surface area contributed by atoms with E-state index in [-0.39, 0.29) is 0 Å². The molecule has 0 heterocycles. The number of benzene rings is 1. The average Bonchev–Trinajstić information content (AvgIpc) is 2.09. The van der Waals surface area contributed by atoms with Gasteiger partial charge in [0, 0.05) is 0 Å². The monoisotopic (exact) mass is 160 g/mol. The van der Waals surface area contributed by atoms with E-state index in [2.05, 4.69) is 50.3 Å². The van der Waals surface area contributed by atoms with Crippen LogP contribution in [-0.2, 0) is 6.42 Å². The summed E-state index contributed by atoms with van der Waals surface area (Å²) in [5.74, 6) is 0. The molecule has 0 bridgehead atoms. The van der Waals surface area contributed by atoms with Crippen molar-refractivity contribution in [3.05, 3.63) is 47.5 Å². The minimum atomic E-state index is 1.15. The third-order valence-electron chi connectivity index (χ3n) is 2.08. The molecule has 0 heteroatoms. The fourth-order valence-electron chi connectivity index (χ4n) is 1.30. The number of allylic oxidation sites excluding steroid dienone is 2. The lowest BCUT2D eigenvalue weighted by Crippen LogP contribution is -1.86. The van der Waals surface area contributed by atoms with Gasteiger partial charge in [0.25, 0.3) is 0 Å². The Bertz CT molecular complexity index is 258. The Hall–Kier alpha value is -1.04. The van der Waals surface area contributed by atoms with E-state index in [0.717, 1.165) is 12.8 Å². The maximum Gasteiger partial charge on any atom is -0.0242 e. The third kappa shape index (κ3) is 2.54. The van der Waals surface area contributed by atoms with Crippen molar-refractivity contribution in [1.82, 2.24) is 0 Å². The first-order valence-electron chi connectivity index (χ1n) is 4.50. The molecule has 1 aromatic carbocycles. The molecule has 0 atom stereocenters. The van der Waals surface area contributed by atoms with Crippen molar-refractivity contribution in [1.29, 1.82) is 0 Å². The molecule has 0 radical (unpaired) electrons. The molecular weight excluding hydrogens is 144 g/mol. The highest BCUT2D eigenvalue weighted by Crippen LogP contribution is 2.09. The molecule has 0 saturated heterocycles. The maximum absolute atomic E-state index is 2.21. The second-order valence-electron chi connectivity index (χ2n) is 3.03. The normalized spacial score (nSPS) is 10.8. The van der Waals surface area contributed by atoms with Gasteiger partial charge in [-0.05, 0) is 37.8 Å². The number of rotatable bonds is 3. The molecule has 0 N–H and O–H groups in total. The van der Waals surface area contributed by atoms with Crippen molar-refractivity contribution in [2.75, 3.05) is 0 Å². The molecule has 12 heavy (non-hydrogen) atoms. The molecule has 1 aromatic rings. The van der Waals surface area contributed by atoms with Crippen LogP contribution in [0.3, 0.4) is 0 Å². The summed E-state index contributed by atoms with van der Waals surface area (Å²) < 4.78 is 0. The zero-order valence-corrected chi connectivity index (χ0v) is 7.88. The van der Waals surface area contributed by atoms with Gasteiger partial charge in [0.2, 0.25) is 0 Å². The summed E-state index contributed by atoms with van der Waals surface area (Å²) in [5, 5.41) is 0. The Balaban J connectivity index is 2.57. The van der Waals surface area contributed by atoms with Gasteiger partial charge in [-0.1, -0.05) is 36.4 Å². The number of aryl methyl sites for hydroxylation is 2. The van der Waals surface area contributed by atoms with Gasteiger partial charge in [-0.15, -0.1) is 0 Å². The van der Waals surface area contributed by atoms with Gasteiger partial charge in [0.05, 0.1) is 0 Å². The van der Waals surface area contributed by atoms with Crippen molar-refractivity contribution in [2.24, 2.45) is 0 Å². The van der Waals surface area contributed by atoms with E-state index >= 15 is 0 Å². The van der Waals surface area contributed by atoms with E-state index in [1.54, 1.807) is 0 Å². The summed E-state index contributed by atoms with van der Waals surface area (Å²) in [6.07, 6.45) is 6.64. The first-order valence-corrected chi connectivity index (χ1v) is 4.50. The zero-order valence-electron chi connectivity index (χ0n) is 7.88. The SMILES string of the molecule is C/C=C\CCc1ccccc1C. The topological polar surface area (TPSA) is 0 Å². The minimum absolute atomic E-state index is 1.15. The van der Waals surface area contributed by atoms with Crippen LogP contribution in [0, 0.1) is 6.92 Å². The van der Waals surface area contributed by atoms with Gasteiger partial charge in [-0.25, -0.2) is 0 Å². The van der Waals surface area contributed by atoms with Crippen molar-refractivity contribution in [3.63, 3.8) is 0 Å². The summed E-state index contributed by atoms with van der Waals surface area (Å²) in [4.78, 5) is 0. The molecule has 0 nitrogen and oxygen atoms in total. The summed E-state index contributed by atoms with van der Waals surface area (Å²) in [6.45, 7) is 4.24. The van der Waals surface area contributed by atoms with Gasteiger partial charge < -0.3 is 0 Å². The highest BCUT2D eigenvalue weighted by Gasteiger charge is 1.93. The summed E-state index contributed by atoms with van der Waals surface area (Å²) >= 11 is 0. The van der Waals surface area contributed by atoms with Crippen LogP contribution in [-0.4, -0.2) is 0 Å². The fourth-order valence-corrected chi connectivity index (χ4v) is 1.30. The molecule has 0 aliphatic carbocycles. The summed E-state index contributed by atoms with van der Waals surface area (Å²) in [7, 11) is 0. The van der Waals surface area contributed by atoms with E-state index in [1.165, 1.54) is 11.1 Å². The second-order valence-corrected chi connectivity index (χ2v) is 3.03. The molecule has 0 fully saturated rings. The Morgan fingerprint density at radius 2 is 2.00 bits per heavy atom. The molecule has 0 saturated carbocycles. The Morgan fingerprint density at radius 1 is 1.25 bits per heavy atom. The molecule has 0 unspecified atom stereocenters. The van der Waals surface area contributed by atoms with E-state index in [4.69, 9.17) is 0 Å². The van der Waals surface area contributed by atoms with Crippen molar-refractivity contribution >= 4 is 0 Å². The van der Waals surface area contributed by atoms with Gasteiger partial charge in [-0.2, -0.15) is 0 Å². The predicted molar refractivity (Wildman–Crippen MR) is 54.3 cm³/mol. The van der Waals surface area contributed by atoms with Crippen LogP contribution in [0.1, 0.15) is 24.5 Å². The van der Waals surface area contributed by atoms with Crippen LogP contribution in [0.25, 0.3) is 0 Å². The van der Waals surface area contributed by atoms with Crippen molar-refractivity contribution in [2.45, 2.75) is 26.7 Å². The van der Waals surface area contributed by atoms with Gasteiger partial charge in [0.1, 0.15) is 0 Å².